The van der Waals surface area contributed by atoms with Crippen LogP contribution in [0.2, 0.25) is 0 Å². The predicted molar refractivity (Wildman–Crippen MR) is 88.0 cm³/mol. The Bertz CT molecular complexity index is 643. The number of nitrogens with one attached hydrogen (secondary N) is 1. The Labute approximate surface area is 133 Å². The van der Waals surface area contributed by atoms with Crippen molar-refractivity contribution in [3.05, 3.63) is 34.8 Å². The van der Waals surface area contributed by atoms with Crippen LogP contribution in [0.3, 0.4) is 0 Å². The number of guanidine groups is 1. The highest BCUT2D eigenvalue weighted by atomic mass is 32.1. The van der Waals surface area contributed by atoms with Crippen LogP contribution >= 0.6 is 11.3 Å². The van der Waals surface area contributed by atoms with Gasteiger partial charge >= 0.3 is 0 Å². The molecule has 2 aromatic rings. The van der Waals surface area contributed by atoms with Gasteiger partial charge in [0.15, 0.2) is 17.5 Å². The molecule has 0 fully saturated rings. The lowest BCUT2D eigenvalue weighted by atomic mass is 10.3. The molecule has 22 heavy (non-hydrogen) atoms. The molecule has 3 rings (SSSR count). The number of hydrogen-bond acceptors (Lipinski definition) is 5. The first-order valence-electron chi connectivity index (χ1n) is 7.16. The van der Waals surface area contributed by atoms with E-state index in [1.165, 1.54) is 0 Å². The summed E-state index contributed by atoms with van der Waals surface area (Å²) in [4.78, 5) is 8.51. The minimum absolute atomic E-state index is 0.381. The van der Waals surface area contributed by atoms with Gasteiger partial charge in [-0.05, 0) is 12.1 Å². The van der Waals surface area contributed by atoms with E-state index in [0.717, 1.165) is 35.0 Å². The van der Waals surface area contributed by atoms with Crippen molar-refractivity contribution in [2.45, 2.75) is 12.8 Å². The molecule has 1 aliphatic rings. The predicted octanol–water partition coefficient (Wildman–Crippen LogP) is 2.27. The summed E-state index contributed by atoms with van der Waals surface area (Å²) in [6.07, 6.45) is 3.47. The lowest BCUT2D eigenvalue weighted by Crippen LogP contribution is -2.23. The highest BCUT2D eigenvalue weighted by Crippen LogP contribution is 2.32. The fourth-order valence-electron chi connectivity index (χ4n) is 2.08. The summed E-state index contributed by atoms with van der Waals surface area (Å²) in [7, 11) is 0. The lowest BCUT2D eigenvalue weighted by Gasteiger charge is -2.10. The third-order valence-corrected chi connectivity index (χ3v) is 3.95. The van der Waals surface area contributed by atoms with Gasteiger partial charge in [-0.1, -0.05) is 0 Å². The number of thiazole rings is 1. The van der Waals surface area contributed by atoms with Crippen LogP contribution in [0.1, 0.15) is 11.4 Å². The maximum atomic E-state index is 5.90. The average molecular weight is 318 g/mol. The first-order chi connectivity index (χ1) is 10.8. The summed E-state index contributed by atoms with van der Waals surface area (Å²) >= 11 is 1.62. The number of anilines is 1. The standard InChI is InChI=1S/C15H18N4O2S/c16-15(18-5-4-14-17-6-9-22-14)19-11-2-3-12-13(10-11)21-8-1-7-20-12/h2-3,6,9-10H,1,4-5,7-8H2,(H3,16,18,19). The molecular formula is C15H18N4O2S. The van der Waals surface area contributed by atoms with Crippen molar-refractivity contribution in [2.24, 2.45) is 10.7 Å². The lowest BCUT2D eigenvalue weighted by molar-refractivity contribution is 0.297. The molecule has 0 saturated heterocycles. The second kappa shape index (κ2) is 7.13. The number of aliphatic imine (C=N–C) groups is 1. The zero-order valence-corrected chi connectivity index (χ0v) is 12.9. The summed E-state index contributed by atoms with van der Waals surface area (Å²) in [5.74, 6) is 1.88. The van der Waals surface area contributed by atoms with Crippen LogP contribution in [0.5, 0.6) is 11.5 Å². The summed E-state index contributed by atoms with van der Waals surface area (Å²) in [6.45, 7) is 1.95. The molecule has 0 spiro atoms. The maximum absolute atomic E-state index is 5.90. The Morgan fingerprint density at radius 3 is 3.00 bits per heavy atom. The second-order valence-electron chi connectivity index (χ2n) is 4.78. The Hall–Kier alpha value is -2.28. The first-order valence-corrected chi connectivity index (χ1v) is 8.04. The molecule has 1 aromatic heterocycles. The third-order valence-electron chi connectivity index (χ3n) is 3.11. The number of nitrogens with two attached hydrogens (primary N) is 1. The van der Waals surface area contributed by atoms with Gasteiger partial charge in [-0.25, -0.2) is 4.98 Å². The molecule has 2 heterocycles. The first kappa shape index (κ1) is 14.6. The van der Waals surface area contributed by atoms with E-state index in [1.54, 1.807) is 17.5 Å². The van der Waals surface area contributed by atoms with Crippen LogP contribution in [0, 0.1) is 0 Å². The van der Waals surface area contributed by atoms with Gasteiger partial charge in [-0.2, -0.15) is 0 Å². The maximum Gasteiger partial charge on any atom is 0.193 e. The molecular weight excluding hydrogens is 300 g/mol. The Balaban J connectivity index is 1.58. The van der Waals surface area contributed by atoms with E-state index in [4.69, 9.17) is 15.2 Å². The summed E-state index contributed by atoms with van der Waals surface area (Å²) in [5.41, 5.74) is 6.74. The highest BCUT2D eigenvalue weighted by Gasteiger charge is 2.10. The number of aromatic nitrogens is 1. The fourth-order valence-corrected chi connectivity index (χ4v) is 2.69. The van der Waals surface area contributed by atoms with Gasteiger partial charge < -0.3 is 20.5 Å². The van der Waals surface area contributed by atoms with E-state index in [-0.39, 0.29) is 0 Å². The van der Waals surface area contributed by atoms with Crippen molar-refractivity contribution in [1.82, 2.24) is 4.98 Å². The Kier molecular flexibility index (Phi) is 4.75. The van der Waals surface area contributed by atoms with Gasteiger partial charge in [0.05, 0.1) is 18.2 Å². The molecule has 0 bridgehead atoms. The molecule has 0 amide bonds. The molecule has 116 valence electrons. The van der Waals surface area contributed by atoms with Gasteiger partial charge in [0.25, 0.3) is 0 Å². The Morgan fingerprint density at radius 2 is 2.18 bits per heavy atom. The van der Waals surface area contributed by atoms with Gasteiger partial charge in [0, 0.05) is 42.7 Å². The summed E-state index contributed by atoms with van der Waals surface area (Å²) < 4.78 is 11.2. The van der Waals surface area contributed by atoms with Crippen molar-refractivity contribution in [2.75, 3.05) is 25.1 Å². The van der Waals surface area contributed by atoms with E-state index < -0.39 is 0 Å². The minimum atomic E-state index is 0.381. The van der Waals surface area contributed by atoms with Crippen molar-refractivity contribution >= 4 is 23.0 Å². The minimum Gasteiger partial charge on any atom is -0.490 e. The molecule has 0 atom stereocenters. The average Bonchev–Trinajstić information content (AvgIpc) is 2.91. The number of hydrogen-bond donors (Lipinski definition) is 2. The smallest absolute Gasteiger partial charge is 0.193 e. The molecule has 7 heteroatoms. The van der Waals surface area contributed by atoms with Gasteiger partial charge in [0.2, 0.25) is 0 Å². The van der Waals surface area contributed by atoms with Crippen LogP contribution in [-0.4, -0.2) is 30.7 Å². The fraction of sp³-hybridized carbons (Fsp3) is 0.333. The van der Waals surface area contributed by atoms with Crippen LogP contribution in [0.25, 0.3) is 0 Å². The molecule has 1 aromatic carbocycles. The zero-order chi connectivity index (χ0) is 15.2. The topological polar surface area (TPSA) is 81.8 Å². The van der Waals surface area contributed by atoms with Crippen molar-refractivity contribution in [3.63, 3.8) is 0 Å². The zero-order valence-electron chi connectivity index (χ0n) is 12.1. The number of rotatable bonds is 4. The molecule has 0 unspecified atom stereocenters. The van der Waals surface area contributed by atoms with Crippen LogP contribution < -0.4 is 20.5 Å². The van der Waals surface area contributed by atoms with E-state index in [9.17, 15) is 0 Å². The van der Waals surface area contributed by atoms with E-state index in [1.807, 2.05) is 23.6 Å². The van der Waals surface area contributed by atoms with Gasteiger partial charge in [-0.3, -0.25) is 4.99 Å². The molecule has 1 aliphatic heterocycles. The SMILES string of the molecule is NC(=NCCc1nccs1)Nc1ccc2c(c1)OCCCO2. The van der Waals surface area contributed by atoms with Crippen LogP contribution in [0.4, 0.5) is 5.69 Å². The van der Waals surface area contributed by atoms with E-state index in [0.29, 0.717) is 25.7 Å². The molecule has 0 aliphatic carbocycles. The third kappa shape index (κ3) is 3.88. The number of benzene rings is 1. The van der Waals surface area contributed by atoms with E-state index >= 15 is 0 Å². The molecule has 6 nitrogen and oxygen atoms in total. The Morgan fingerprint density at radius 1 is 1.32 bits per heavy atom. The quantitative estimate of drug-likeness (QED) is 0.667. The monoisotopic (exact) mass is 318 g/mol. The number of nitrogens with zero attached hydrogens (tertiary/aromatic N) is 2. The van der Waals surface area contributed by atoms with Crippen LogP contribution in [0.15, 0.2) is 34.8 Å². The number of ether oxygens (including phenoxy) is 2. The highest BCUT2D eigenvalue weighted by molar-refractivity contribution is 7.09. The largest absolute Gasteiger partial charge is 0.490 e. The summed E-state index contributed by atoms with van der Waals surface area (Å²) in [5, 5.41) is 6.09. The van der Waals surface area contributed by atoms with Crippen LogP contribution in [-0.2, 0) is 6.42 Å². The van der Waals surface area contributed by atoms with Crippen molar-refractivity contribution < 1.29 is 9.47 Å². The normalized spacial score (nSPS) is 14.5. The van der Waals surface area contributed by atoms with Crippen molar-refractivity contribution in [3.8, 4) is 11.5 Å². The van der Waals surface area contributed by atoms with Crippen molar-refractivity contribution in [1.29, 1.82) is 0 Å². The molecule has 0 radical (unpaired) electrons. The molecule has 3 N–H and O–H groups in total. The van der Waals surface area contributed by atoms with Gasteiger partial charge in [0.1, 0.15) is 0 Å². The summed E-state index contributed by atoms with van der Waals surface area (Å²) in [6, 6.07) is 5.66. The van der Waals surface area contributed by atoms with Gasteiger partial charge in [-0.15, -0.1) is 11.3 Å². The second-order valence-corrected chi connectivity index (χ2v) is 5.76. The van der Waals surface area contributed by atoms with E-state index in [2.05, 4.69) is 15.3 Å². The number of fused-ring (bicyclic) bond motifs is 1. The molecule has 0 saturated carbocycles.